The van der Waals surface area contributed by atoms with Gasteiger partial charge in [0.05, 0.1) is 6.20 Å². The molecule has 29 heavy (non-hydrogen) atoms. The van der Waals surface area contributed by atoms with Crippen LogP contribution >= 0.6 is 0 Å². The van der Waals surface area contributed by atoms with Gasteiger partial charge in [0, 0.05) is 11.3 Å². The molecule has 1 aliphatic rings. The van der Waals surface area contributed by atoms with Gasteiger partial charge in [-0.05, 0) is 59.8 Å². The molecule has 2 N–H and O–H groups in total. The quantitative estimate of drug-likeness (QED) is 0.668. The third-order valence-corrected chi connectivity index (χ3v) is 6.05. The molecule has 5 nitrogen and oxygen atoms in total. The van der Waals surface area contributed by atoms with Gasteiger partial charge < -0.3 is 10.3 Å². The number of rotatable bonds is 5. The number of carbonyl (C=O) groups excluding carboxylic acids is 1. The SMILES string of the molecule is CC(C)C(C)c1ccc(NC(=O)c2ncc(C#N)[nH]2)c(C2=CCC(C)(C)CC2)c1. The second-order valence-electron chi connectivity index (χ2n) is 9.15. The van der Waals surface area contributed by atoms with E-state index in [1.807, 2.05) is 12.1 Å². The van der Waals surface area contributed by atoms with E-state index in [2.05, 4.69) is 68.1 Å². The zero-order chi connectivity index (χ0) is 21.2. The van der Waals surface area contributed by atoms with Gasteiger partial charge in [-0.25, -0.2) is 4.98 Å². The normalized spacial score (nSPS) is 16.8. The number of allylic oxidation sites excluding steroid dienone is 2. The molecule has 0 spiro atoms. The first-order chi connectivity index (χ1) is 13.7. The maximum absolute atomic E-state index is 12.7. The Labute approximate surface area is 173 Å². The lowest BCUT2D eigenvalue weighted by Crippen LogP contribution is -2.17. The smallest absolute Gasteiger partial charge is 0.291 e. The van der Waals surface area contributed by atoms with E-state index in [1.165, 1.54) is 17.3 Å². The minimum Gasteiger partial charge on any atom is -0.326 e. The summed E-state index contributed by atoms with van der Waals surface area (Å²) in [6.45, 7) is 11.3. The number of hydrogen-bond donors (Lipinski definition) is 2. The number of nitrogens with one attached hydrogen (secondary N) is 2. The Morgan fingerprint density at radius 1 is 1.31 bits per heavy atom. The van der Waals surface area contributed by atoms with Crippen LogP contribution in [0, 0.1) is 22.7 Å². The largest absolute Gasteiger partial charge is 0.326 e. The van der Waals surface area contributed by atoms with E-state index >= 15 is 0 Å². The Morgan fingerprint density at radius 2 is 2.07 bits per heavy atom. The van der Waals surface area contributed by atoms with E-state index < -0.39 is 0 Å². The average Bonchev–Trinajstić information content (AvgIpc) is 3.17. The lowest BCUT2D eigenvalue weighted by atomic mass is 9.76. The van der Waals surface area contributed by atoms with Crippen LogP contribution in [0.4, 0.5) is 5.69 Å². The van der Waals surface area contributed by atoms with E-state index in [1.54, 1.807) is 0 Å². The summed E-state index contributed by atoms with van der Waals surface area (Å²) in [6, 6.07) is 8.28. The molecule has 5 heteroatoms. The van der Waals surface area contributed by atoms with Crippen molar-refractivity contribution in [3.05, 3.63) is 53.1 Å². The highest BCUT2D eigenvalue weighted by Gasteiger charge is 2.24. The van der Waals surface area contributed by atoms with Crippen molar-refractivity contribution >= 4 is 17.2 Å². The number of benzene rings is 1. The number of nitriles is 1. The lowest BCUT2D eigenvalue weighted by Gasteiger charge is -2.30. The third kappa shape index (κ3) is 4.76. The number of aromatic nitrogens is 2. The summed E-state index contributed by atoms with van der Waals surface area (Å²) < 4.78 is 0. The van der Waals surface area contributed by atoms with E-state index in [9.17, 15) is 4.79 Å². The molecule has 1 aromatic heterocycles. The Kier molecular flexibility index (Phi) is 5.93. The zero-order valence-corrected chi connectivity index (χ0v) is 18.0. The van der Waals surface area contributed by atoms with Crippen molar-refractivity contribution in [2.45, 2.75) is 59.8 Å². The summed E-state index contributed by atoms with van der Waals surface area (Å²) >= 11 is 0. The second-order valence-corrected chi connectivity index (χ2v) is 9.15. The molecule has 152 valence electrons. The molecule has 1 amide bonds. The number of nitrogens with zero attached hydrogens (tertiary/aromatic N) is 2. The number of anilines is 1. The number of hydrogen-bond acceptors (Lipinski definition) is 3. The van der Waals surface area contributed by atoms with Gasteiger partial charge in [0.2, 0.25) is 0 Å². The summed E-state index contributed by atoms with van der Waals surface area (Å²) in [7, 11) is 0. The fraction of sp³-hybridized carbons (Fsp3) is 0.458. The molecule has 0 saturated carbocycles. The topological polar surface area (TPSA) is 81.6 Å². The molecule has 0 fully saturated rings. The first-order valence-electron chi connectivity index (χ1n) is 10.3. The van der Waals surface area contributed by atoms with Crippen molar-refractivity contribution < 1.29 is 4.79 Å². The van der Waals surface area contributed by atoms with Crippen molar-refractivity contribution in [3.8, 4) is 6.07 Å². The predicted molar refractivity (Wildman–Crippen MR) is 117 cm³/mol. The Bertz CT molecular complexity index is 975. The first kappa shape index (κ1) is 20.9. The molecule has 1 unspecified atom stereocenters. The van der Waals surface area contributed by atoms with E-state index in [0.29, 0.717) is 17.3 Å². The maximum atomic E-state index is 12.7. The summed E-state index contributed by atoms with van der Waals surface area (Å²) in [4.78, 5) is 19.4. The molecule has 0 saturated heterocycles. The Hall–Kier alpha value is -2.87. The standard InChI is InChI=1S/C24H30N4O/c1-15(2)16(3)18-6-7-21(28-23(29)22-26-14-19(13-25)27-22)20(12-18)17-8-10-24(4,5)11-9-17/h6-8,12,14-16H,9-11H2,1-5H3,(H,26,27)(H,28,29). The van der Waals surface area contributed by atoms with Gasteiger partial charge >= 0.3 is 0 Å². The zero-order valence-electron chi connectivity index (χ0n) is 18.0. The van der Waals surface area contributed by atoms with Gasteiger partial charge in [0.1, 0.15) is 11.8 Å². The molecule has 1 heterocycles. The van der Waals surface area contributed by atoms with E-state index in [4.69, 9.17) is 5.26 Å². The van der Waals surface area contributed by atoms with Crippen LogP contribution in [0.2, 0.25) is 0 Å². The molecule has 1 aliphatic carbocycles. The fourth-order valence-electron chi connectivity index (χ4n) is 3.60. The van der Waals surface area contributed by atoms with Gasteiger partial charge in [0.25, 0.3) is 5.91 Å². The Balaban J connectivity index is 1.96. The van der Waals surface area contributed by atoms with Crippen molar-refractivity contribution in [2.75, 3.05) is 5.32 Å². The van der Waals surface area contributed by atoms with Crippen LogP contribution in [-0.4, -0.2) is 15.9 Å². The second kappa shape index (κ2) is 8.24. The van der Waals surface area contributed by atoms with E-state index in [-0.39, 0.29) is 17.4 Å². The van der Waals surface area contributed by atoms with Gasteiger partial charge in [-0.1, -0.05) is 46.8 Å². The number of aromatic amines is 1. The van der Waals surface area contributed by atoms with Gasteiger partial charge in [-0.15, -0.1) is 0 Å². The first-order valence-corrected chi connectivity index (χ1v) is 10.3. The average molecular weight is 391 g/mol. The number of H-pyrrole nitrogens is 1. The van der Waals surface area contributed by atoms with Crippen molar-refractivity contribution in [1.29, 1.82) is 5.26 Å². The molecule has 3 rings (SSSR count). The van der Waals surface area contributed by atoms with Crippen LogP contribution in [0.5, 0.6) is 0 Å². The molecule has 0 bridgehead atoms. The van der Waals surface area contributed by atoms with Crippen LogP contribution in [0.25, 0.3) is 5.57 Å². The number of amides is 1. The predicted octanol–water partition coefficient (Wildman–Crippen LogP) is 5.89. The van der Waals surface area contributed by atoms with Gasteiger partial charge in [-0.3, -0.25) is 4.79 Å². The minimum atomic E-state index is -0.339. The molecule has 1 atom stereocenters. The highest BCUT2D eigenvalue weighted by atomic mass is 16.2. The van der Waals surface area contributed by atoms with Gasteiger partial charge in [-0.2, -0.15) is 5.26 Å². The van der Waals surface area contributed by atoms with Crippen molar-refractivity contribution in [3.63, 3.8) is 0 Å². The van der Waals surface area contributed by atoms with Crippen molar-refractivity contribution in [2.24, 2.45) is 11.3 Å². The molecule has 2 aromatic rings. The van der Waals surface area contributed by atoms with E-state index in [0.717, 1.165) is 30.5 Å². The van der Waals surface area contributed by atoms with Gasteiger partial charge in [0.15, 0.2) is 5.82 Å². The minimum absolute atomic E-state index is 0.144. The summed E-state index contributed by atoms with van der Waals surface area (Å²) in [5, 5.41) is 11.9. The molecular weight excluding hydrogens is 360 g/mol. The molecule has 0 aliphatic heterocycles. The number of carbonyl (C=O) groups is 1. The lowest BCUT2D eigenvalue weighted by molar-refractivity contribution is 0.101. The number of imidazole rings is 1. The summed E-state index contributed by atoms with van der Waals surface area (Å²) in [5.74, 6) is 0.775. The highest BCUT2D eigenvalue weighted by molar-refractivity contribution is 6.03. The summed E-state index contributed by atoms with van der Waals surface area (Å²) in [5.41, 5.74) is 5.03. The van der Waals surface area contributed by atoms with Crippen LogP contribution in [0.3, 0.4) is 0 Å². The Morgan fingerprint density at radius 3 is 2.66 bits per heavy atom. The van der Waals surface area contributed by atoms with Crippen LogP contribution in [0.1, 0.15) is 87.2 Å². The molecule has 0 radical (unpaired) electrons. The highest BCUT2D eigenvalue weighted by Crippen LogP contribution is 2.41. The molecule has 1 aromatic carbocycles. The fourth-order valence-corrected chi connectivity index (χ4v) is 3.60. The van der Waals surface area contributed by atoms with Crippen LogP contribution < -0.4 is 5.32 Å². The maximum Gasteiger partial charge on any atom is 0.291 e. The summed E-state index contributed by atoms with van der Waals surface area (Å²) in [6.07, 6.45) is 6.84. The molecular formula is C24H30N4O. The van der Waals surface area contributed by atoms with Crippen LogP contribution in [0.15, 0.2) is 30.5 Å². The monoisotopic (exact) mass is 390 g/mol. The third-order valence-electron chi connectivity index (χ3n) is 6.05. The van der Waals surface area contributed by atoms with Crippen molar-refractivity contribution in [1.82, 2.24) is 9.97 Å². The van der Waals surface area contributed by atoms with Crippen LogP contribution in [-0.2, 0) is 0 Å².